The third-order valence-corrected chi connectivity index (χ3v) is 7.73. The zero-order valence-corrected chi connectivity index (χ0v) is 19.0. The summed E-state index contributed by atoms with van der Waals surface area (Å²) in [5, 5.41) is 3.63. The van der Waals surface area contributed by atoms with E-state index >= 15 is 0 Å². The predicted octanol–water partition coefficient (Wildman–Crippen LogP) is 4.32. The summed E-state index contributed by atoms with van der Waals surface area (Å²) in [6.07, 6.45) is 2.35. The molecular weight excluding hydrogens is 420 g/mol. The molecule has 7 heteroatoms. The lowest BCUT2D eigenvalue weighted by Gasteiger charge is -2.32. The van der Waals surface area contributed by atoms with Crippen LogP contribution in [0.2, 0.25) is 5.02 Å². The second kappa shape index (κ2) is 9.94. The van der Waals surface area contributed by atoms with E-state index in [1.807, 2.05) is 19.1 Å². The van der Waals surface area contributed by atoms with Crippen LogP contribution in [0.25, 0.3) is 0 Å². The highest BCUT2D eigenvalue weighted by Gasteiger charge is 2.32. The van der Waals surface area contributed by atoms with Gasteiger partial charge in [-0.15, -0.1) is 0 Å². The number of amides is 1. The van der Waals surface area contributed by atoms with Gasteiger partial charge in [0.15, 0.2) is 0 Å². The SMILES string of the molecule is CCc1ccc([C@@H](C)NC(=O)[C@@H]2CCCN(S(=O)(=O)Cc3ccc(Cl)cc3)C2)cc1. The first-order valence-electron chi connectivity index (χ1n) is 10.4. The molecule has 3 rings (SSSR count). The smallest absolute Gasteiger partial charge is 0.224 e. The number of piperidine rings is 1. The van der Waals surface area contributed by atoms with Crippen LogP contribution in [-0.2, 0) is 27.0 Å². The number of hydrogen-bond donors (Lipinski definition) is 1. The van der Waals surface area contributed by atoms with E-state index in [1.54, 1.807) is 24.3 Å². The average molecular weight is 449 g/mol. The molecule has 1 aliphatic heterocycles. The molecule has 0 saturated carbocycles. The standard InChI is InChI=1S/C23H29ClN2O3S/c1-3-18-6-10-20(11-7-18)17(2)25-23(27)21-5-4-14-26(15-21)30(28,29)16-19-8-12-22(24)13-9-19/h6-13,17,21H,3-5,14-16H2,1-2H3,(H,25,27)/t17-,21-/m1/s1. The quantitative estimate of drug-likeness (QED) is 0.685. The lowest BCUT2D eigenvalue weighted by molar-refractivity contribution is -0.126. The number of halogens is 1. The van der Waals surface area contributed by atoms with Crippen molar-refractivity contribution in [3.63, 3.8) is 0 Å². The van der Waals surface area contributed by atoms with Gasteiger partial charge in [-0.3, -0.25) is 4.79 Å². The Kier molecular flexibility index (Phi) is 7.55. The first-order valence-corrected chi connectivity index (χ1v) is 12.4. The zero-order chi connectivity index (χ0) is 21.7. The van der Waals surface area contributed by atoms with Crippen molar-refractivity contribution in [2.75, 3.05) is 13.1 Å². The second-order valence-corrected chi connectivity index (χ2v) is 10.3. The van der Waals surface area contributed by atoms with Gasteiger partial charge >= 0.3 is 0 Å². The summed E-state index contributed by atoms with van der Waals surface area (Å²) in [5.41, 5.74) is 2.99. The molecule has 0 aromatic heterocycles. The first-order chi connectivity index (χ1) is 14.3. The Bertz CT molecular complexity index is 959. The topological polar surface area (TPSA) is 66.5 Å². The summed E-state index contributed by atoms with van der Waals surface area (Å²) < 4.78 is 27.2. The summed E-state index contributed by atoms with van der Waals surface area (Å²) in [4.78, 5) is 12.8. The molecule has 0 bridgehead atoms. The van der Waals surface area contributed by atoms with E-state index in [-0.39, 0.29) is 30.2 Å². The average Bonchev–Trinajstić information content (AvgIpc) is 2.75. The lowest BCUT2D eigenvalue weighted by atomic mass is 9.97. The summed E-state index contributed by atoms with van der Waals surface area (Å²) in [6.45, 7) is 4.74. The van der Waals surface area contributed by atoms with Crippen LogP contribution < -0.4 is 5.32 Å². The molecule has 2 aromatic carbocycles. The van der Waals surface area contributed by atoms with Crippen molar-refractivity contribution < 1.29 is 13.2 Å². The summed E-state index contributed by atoms with van der Waals surface area (Å²) in [5.74, 6) is -0.511. The fourth-order valence-electron chi connectivity index (χ4n) is 3.75. The van der Waals surface area contributed by atoms with E-state index in [1.165, 1.54) is 9.87 Å². The van der Waals surface area contributed by atoms with Gasteiger partial charge in [0.2, 0.25) is 15.9 Å². The van der Waals surface area contributed by atoms with Crippen LogP contribution in [-0.4, -0.2) is 31.7 Å². The molecule has 0 radical (unpaired) electrons. The number of sulfonamides is 1. The number of nitrogens with one attached hydrogen (secondary N) is 1. The van der Waals surface area contributed by atoms with Crippen molar-refractivity contribution in [1.29, 1.82) is 0 Å². The highest BCUT2D eigenvalue weighted by molar-refractivity contribution is 7.88. The monoisotopic (exact) mass is 448 g/mol. The predicted molar refractivity (Wildman–Crippen MR) is 121 cm³/mol. The van der Waals surface area contributed by atoms with Gasteiger partial charge in [0.25, 0.3) is 0 Å². The normalized spacial score (nSPS) is 18.7. The number of carbonyl (C=O) groups excluding carboxylic acids is 1. The minimum Gasteiger partial charge on any atom is -0.349 e. The van der Waals surface area contributed by atoms with Gasteiger partial charge in [-0.1, -0.05) is 54.9 Å². The minimum absolute atomic E-state index is 0.0846. The van der Waals surface area contributed by atoms with Crippen LogP contribution >= 0.6 is 11.6 Å². The highest BCUT2D eigenvalue weighted by atomic mass is 35.5. The van der Waals surface area contributed by atoms with Crippen LogP contribution in [0, 0.1) is 5.92 Å². The Balaban J connectivity index is 1.61. The van der Waals surface area contributed by atoms with E-state index < -0.39 is 10.0 Å². The van der Waals surface area contributed by atoms with Gasteiger partial charge in [-0.2, -0.15) is 0 Å². The van der Waals surface area contributed by atoms with E-state index in [9.17, 15) is 13.2 Å². The molecule has 2 aromatic rings. The van der Waals surface area contributed by atoms with Gasteiger partial charge in [-0.25, -0.2) is 12.7 Å². The van der Waals surface area contributed by atoms with Crippen molar-refractivity contribution in [2.45, 2.75) is 44.9 Å². The van der Waals surface area contributed by atoms with Gasteiger partial charge in [0.1, 0.15) is 0 Å². The van der Waals surface area contributed by atoms with Gasteiger partial charge in [-0.05, 0) is 55.0 Å². The van der Waals surface area contributed by atoms with E-state index in [0.29, 0.717) is 30.0 Å². The zero-order valence-electron chi connectivity index (χ0n) is 17.5. The van der Waals surface area contributed by atoms with Crippen molar-refractivity contribution in [1.82, 2.24) is 9.62 Å². The second-order valence-electron chi connectivity index (χ2n) is 7.91. The molecule has 1 saturated heterocycles. The number of hydrogen-bond acceptors (Lipinski definition) is 3. The van der Waals surface area contributed by atoms with Crippen LogP contribution in [0.1, 0.15) is 49.4 Å². The third-order valence-electron chi connectivity index (χ3n) is 5.66. The Morgan fingerprint density at radius 3 is 2.40 bits per heavy atom. The molecule has 1 aliphatic rings. The molecule has 0 unspecified atom stereocenters. The van der Waals surface area contributed by atoms with Gasteiger partial charge < -0.3 is 5.32 Å². The van der Waals surface area contributed by atoms with Gasteiger partial charge in [0.05, 0.1) is 17.7 Å². The molecule has 2 atom stereocenters. The number of aryl methyl sites for hydroxylation is 1. The molecule has 30 heavy (non-hydrogen) atoms. The fourth-order valence-corrected chi connectivity index (χ4v) is 5.48. The van der Waals surface area contributed by atoms with Crippen LogP contribution in [0.5, 0.6) is 0 Å². The Hall–Kier alpha value is -1.89. The van der Waals surface area contributed by atoms with Gasteiger partial charge in [0, 0.05) is 18.1 Å². The molecule has 1 fully saturated rings. The van der Waals surface area contributed by atoms with Crippen LogP contribution in [0.3, 0.4) is 0 Å². The molecular formula is C23H29ClN2O3S. The summed E-state index contributed by atoms with van der Waals surface area (Å²) in [7, 11) is -3.49. The van der Waals surface area contributed by atoms with Crippen LogP contribution in [0.4, 0.5) is 0 Å². The number of benzene rings is 2. The maximum absolute atomic E-state index is 12.9. The maximum Gasteiger partial charge on any atom is 0.224 e. The molecule has 162 valence electrons. The van der Waals surface area contributed by atoms with Crippen molar-refractivity contribution >= 4 is 27.5 Å². The lowest BCUT2D eigenvalue weighted by Crippen LogP contribution is -2.46. The van der Waals surface area contributed by atoms with Crippen molar-refractivity contribution in [3.8, 4) is 0 Å². The van der Waals surface area contributed by atoms with Crippen molar-refractivity contribution in [2.24, 2.45) is 5.92 Å². The Labute approximate surface area is 184 Å². The molecule has 1 heterocycles. The van der Waals surface area contributed by atoms with Crippen LogP contribution in [0.15, 0.2) is 48.5 Å². The van der Waals surface area contributed by atoms with E-state index in [4.69, 9.17) is 11.6 Å². The molecule has 0 aliphatic carbocycles. The molecule has 1 amide bonds. The van der Waals surface area contributed by atoms with Crippen molar-refractivity contribution in [3.05, 3.63) is 70.2 Å². The number of rotatable bonds is 7. The first kappa shape index (κ1) is 22.8. The summed E-state index contributed by atoms with van der Waals surface area (Å²) in [6, 6.07) is 14.9. The maximum atomic E-state index is 12.9. The third kappa shape index (κ3) is 5.84. The Morgan fingerprint density at radius 1 is 1.13 bits per heavy atom. The summed E-state index contributed by atoms with van der Waals surface area (Å²) >= 11 is 5.88. The fraction of sp³-hybridized carbons (Fsp3) is 0.435. The molecule has 1 N–H and O–H groups in total. The number of carbonyl (C=O) groups is 1. The van der Waals surface area contributed by atoms with E-state index in [0.717, 1.165) is 12.0 Å². The molecule has 0 spiro atoms. The minimum atomic E-state index is -3.49. The Morgan fingerprint density at radius 2 is 1.77 bits per heavy atom. The highest BCUT2D eigenvalue weighted by Crippen LogP contribution is 2.23. The van der Waals surface area contributed by atoms with E-state index in [2.05, 4.69) is 24.4 Å². The largest absolute Gasteiger partial charge is 0.349 e. The number of nitrogens with zero attached hydrogens (tertiary/aromatic N) is 1. The molecule has 5 nitrogen and oxygen atoms in total.